The van der Waals surface area contributed by atoms with E-state index in [1.54, 1.807) is 10.4 Å². The number of likely N-dealkylation sites (tertiary alicyclic amines) is 1. The summed E-state index contributed by atoms with van der Waals surface area (Å²) in [6, 6.07) is 2.85. The molecule has 0 spiro atoms. The van der Waals surface area contributed by atoms with E-state index in [4.69, 9.17) is 0 Å². The number of carbonyl (C=O) groups excluding carboxylic acids is 2. The standard InChI is InChI=1S/C16H14F2N2O2S/c17-11-3-4-13(18)12(6-11)15(21)10-2-1-5-20(8-10)16(22)14-7-19-9-23-14/h3-4,6-7,9-10H,1-2,5,8H2. The average molecular weight is 336 g/mol. The minimum absolute atomic E-state index is 0.176. The van der Waals surface area contributed by atoms with Crippen LogP contribution in [0.5, 0.6) is 0 Å². The molecular weight excluding hydrogens is 322 g/mol. The summed E-state index contributed by atoms with van der Waals surface area (Å²) >= 11 is 1.24. The first-order valence-corrected chi connectivity index (χ1v) is 8.11. The third-order valence-corrected chi connectivity index (χ3v) is 4.68. The van der Waals surface area contributed by atoms with Crippen molar-refractivity contribution in [1.29, 1.82) is 0 Å². The second-order valence-corrected chi connectivity index (χ2v) is 6.33. The molecule has 4 nitrogen and oxygen atoms in total. The van der Waals surface area contributed by atoms with E-state index in [1.807, 2.05) is 0 Å². The lowest BCUT2D eigenvalue weighted by atomic mass is 9.89. The number of aromatic nitrogens is 1. The number of carbonyl (C=O) groups is 2. The average Bonchev–Trinajstić information content (AvgIpc) is 3.10. The molecule has 1 amide bonds. The molecule has 1 unspecified atom stereocenters. The highest BCUT2D eigenvalue weighted by atomic mass is 32.1. The maximum Gasteiger partial charge on any atom is 0.265 e. The van der Waals surface area contributed by atoms with Gasteiger partial charge in [-0.15, -0.1) is 11.3 Å². The van der Waals surface area contributed by atoms with Crippen LogP contribution in [-0.4, -0.2) is 34.7 Å². The molecular formula is C16H14F2N2O2S. The van der Waals surface area contributed by atoms with Crippen LogP contribution in [0.15, 0.2) is 29.9 Å². The van der Waals surface area contributed by atoms with Gasteiger partial charge < -0.3 is 4.90 Å². The Morgan fingerprint density at radius 3 is 2.87 bits per heavy atom. The number of nitrogens with zero attached hydrogens (tertiary/aromatic N) is 2. The Morgan fingerprint density at radius 2 is 2.13 bits per heavy atom. The highest BCUT2D eigenvalue weighted by Gasteiger charge is 2.31. The molecule has 1 atom stereocenters. The lowest BCUT2D eigenvalue weighted by Gasteiger charge is -2.31. The Balaban J connectivity index is 1.77. The molecule has 2 heterocycles. The van der Waals surface area contributed by atoms with Gasteiger partial charge in [0.1, 0.15) is 16.5 Å². The van der Waals surface area contributed by atoms with Crippen molar-refractivity contribution < 1.29 is 18.4 Å². The van der Waals surface area contributed by atoms with Gasteiger partial charge in [0.2, 0.25) is 0 Å². The molecule has 1 aromatic carbocycles. The Labute approximate surface area is 135 Å². The van der Waals surface area contributed by atoms with Crippen molar-refractivity contribution in [2.24, 2.45) is 5.92 Å². The van der Waals surface area contributed by atoms with E-state index in [9.17, 15) is 18.4 Å². The van der Waals surface area contributed by atoms with Crippen molar-refractivity contribution >= 4 is 23.0 Å². The third kappa shape index (κ3) is 3.29. The van der Waals surface area contributed by atoms with Crippen LogP contribution in [0.1, 0.15) is 32.9 Å². The van der Waals surface area contributed by atoms with E-state index in [0.29, 0.717) is 24.3 Å². The molecule has 0 saturated carbocycles. The molecule has 1 saturated heterocycles. The molecule has 1 fully saturated rings. The minimum atomic E-state index is -0.734. The second kappa shape index (κ2) is 6.54. The molecule has 120 valence electrons. The number of Topliss-reactive ketones (excluding diaryl/α,β-unsaturated/α-hetero) is 1. The molecule has 1 aromatic heterocycles. The van der Waals surface area contributed by atoms with Gasteiger partial charge in [-0.1, -0.05) is 0 Å². The first-order chi connectivity index (χ1) is 11.1. The second-order valence-electron chi connectivity index (χ2n) is 5.44. The van der Waals surface area contributed by atoms with Crippen LogP contribution in [0.3, 0.4) is 0 Å². The van der Waals surface area contributed by atoms with E-state index in [0.717, 1.165) is 18.2 Å². The predicted octanol–water partition coefficient (Wildman–Crippen LogP) is 3.16. The molecule has 7 heteroatoms. The predicted molar refractivity (Wildman–Crippen MR) is 81.4 cm³/mol. The Morgan fingerprint density at radius 1 is 1.30 bits per heavy atom. The lowest BCUT2D eigenvalue weighted by molar-refractivity contribution is 0.0639. The van der Waals surface area contributed by atoms with Crippen LogP contribution in [0.25, 0.3) is 0 Å². The summed E-state index contributed by atoms with van der Waals surface area (Å²) in [4.78, 5) is 30.8. The van der Waals surface area contributed by atoms with Gasteiger partial charge in [-0.05, 0) is 31.0 Å². The minimum Gasteiger partial charge on any atom is -0.337 e. The number of halogens is 2. The molecule has 3 rings (SSSR count). The first kappa shape index (κ1) is 15.7. The molecule has 2 aromatic rings. The van der Waals surface area contributed by atoms with Crippen LogP contribution >= 0.6 is 11.3 Å². The largest absolute Gasteiger partial charge is 0.337 e. The molecule has 0 bridgehead atoms. The van der Waals surface area contributed by atoms with Crippen LogP contribution < -0.4 is 0 Å². The first-order valence-electron chi connectivity index (χ1n) is 7.23. The number of hydrogen-bond donors (Lipinski definition) is 0. The molecule has 0 aliphatic carbocycles. The zero-order valence-electron chi connectivity index (χ0n) is 12.2. The van der Waals surface area contributed by atoms with Crippen LogP contribution in [0.2, 0.25) is 0 Å². The number of thiazole rings is 1. The van der Waals surface area contributed by atoms with Gasteiger partial charge in [0.05, 0.1) is 17.3 Å². The maximum atomic E-state index is 13.8. The van der Waals surface area contributed by atoms with Crippen molar-refractivity contribution in [3.8, 4) is 0 Å². The Kier molecular flexibility index (Phi) is 4.47. The van der Waals surface area contributed by atoms with Crippen LogP contribution in [0, 0.1) is 17.6 Å². The summed E-state index contributed by atoms with van der Waals surface area (Å²) in [5.41, 5.74) is 1.32. The van der Waals surface area contributed by atoms with Crippen LogP contribution in [-0.2, 0) is 0 Å². The van der Waals surface area contributed by atoms with Gasteiger partial charge >= 0.3 is 0 Å². The lowest BCUT2D eigenvalue weighted by Crippen LogP contribution is -2.42. The Bertz CT molecular complexity index is 734. The maximum absolute atomic E-state index is 13.8. The van der Waals surface area contributed by atoms with E-state index in [1.165, 1.54) is 17.5 Å². The number of benzene rings is 1. The summed E-state index contributed by atoms with van der Waals surface area (Å²) in [6.45, 7) is 0.762. The van der Waals surface area contributed by atoms with Crippen molar-refractivity contribution in [3.05, 3.63) is 52.0 Å². The monoisotopic (exact) mass is 336 g/mol. The van der Waals surface area contributed by atoms with Gasteiger partial charge in [-0.3, -0.25) is 14.6 Å². The topological polar surface area (TPSA) is 50.3 Å². The van der Waals surface area contributed by atoms with Crippen molar-refractivity contribution in [2.75, 3.05) is 13.1 Å². The van der Waals surface area contributed by atoms with Crippen molar-refractivity contribution in [2.45, 2.75) is 12.8 Å². The van der Waals surface area contributed by atoms with Gasteiger partial charge in [0.15, 0.2) is 5.78 Å². The van der Waals surface area contributed by atoms with E-state index >= 15 is 0 Å². The van der Waals surface area contributed by atoms with Crippen molar-refractivity contribution in [1.82, 2.24) is 9.88 Å². The zero-order chi connectivity index (χ0) is 16.4. The van der Waals surface area contributed by atoms with Crippen molar-refractivity contribution in [3.63, 3.8) is 0 Å². The zero-order valence-corrected chi connectivity index (χ0v) is 13.0. The molecule has 23 heavy (non-hydrogen) atoms. The number of hydrogen-bond acceptors (Lipinski definition) is 4. The molecule has 0 radical (unpaired) electrons. The molecule has 1 aliphatic heterocycles. The fourth-order valence-corrected chi connectivity index (χ4v) is 3.35. The highest BCUT2D eigenvalue weighted by molar-refractivity contribution is 7.11. The van der Waals surface area contributed by atoms with E-state index in [2.05, 4.69) is 4.98 Å². The fourth-order valence-electron chi connectivity index (χ4n) is 2.76. The summed E-state index contributed by atoms with van der Waals surface area (Å²) in [5.74, 6) is -2.53. The number of piperidine rings is 1. The van der Waals surface area contributed by atoms with E-state index in [-0.39, 0.29) is 18.0 Å². The quantitative estimate of drug-likeness (QED) is 0.809. The molecule has 0 N–H and O–H groups in total. The fraction of sp³-hybridized carbons (Fsp3) is 0.312. The van der Waals surface area contributed by atoms with Gasteiger partial charge in [-0.25, -0.2) is 8.78 Å². The molecule has 1 aliphatic rings. The third-order valence-electron chi connectivity index (χ3n) is 3.92. The summed E-state index contributed by atoms with van der Waals surface area (Å²) in [7, 11) is 0. The van der Waals surface area contributed by atoms with E-state index < -0.39 is 23.3 Å². The smallest absolute Gasteiger partial charge is 0.265 e. The summed E-state index contributed by atoms with van der Waals surface area (Å²) in [5, 5.41) is 0. The summed E-state index contributed by atoms with van der Waals surface area (Å²) < 4.78 is 27.1. The summed E-state index contributed by atoms with van der Waals surface area (Å²) in [6.07, 6.45) is 2.70. The normalized spacial score (nSPS) is 18.0. The van der Waals surface area contributed by atoms with Gasteiger partial charge in [-0.2, -0.15) is 0 Å². The highest BCUT2D eigenvalue weighted by Crippen LogP contribution is 2.24. The van der Waals surface area contributed by atoms with Gasteiger partial charge in [0.25, 0.3) is 5.91 Å². The number of amides is 1. The van der Waals surface area contributed by atoms with Gasteiger partial charge in [0, 0.05) is 19.0 Å². The Hall–Kier alpha value is -2.15. The van der Waals surface area contributed by atoms with Crippen LogP contribution in [0.4, 0.5) is 8.78 Å². The number of rotatable bonds is 3. The number of ketones is 1. The SMILES string of the molecule is O=C(c1cc(F)ccc1F)C1CCCN(C(=O)c2cncs2)C1.